The highest BCUT2D eigenvalue weighted by atomic mass is 32.2. The second-order valence-corrected chi connectivity index (χ2v) is 8.24. The van der Waals surface area contributed by atoms with Gasteiger partial charge in [-0.1, -0.05) is 0 Å². The van der Waals surface area contributed by atoms with Crippen LogP contribution in [-0.4, -0.2) is 55.3 Å². The molecule has 2 saturated heterocycles. The number of hydrogen-bond donors (Lipinski definition) is 2. The minimum atomic E-state index is -3.05. The molecule has 2 aliphatic heterocycles. The lowest BCUT2D eigenvalue weighted by Crippen LogP contribution is -2.53. The van der Waals surface area contributed by atoms with Crippen molar-refractivity contribution in [1.82, 2.24) is 10.6 Å². The van der Waals surface area contributed by atoms with Gasteiger partial charge in [-0.2, -0.15) is 23.5 Å². The van der Waals surface area contributed by atoms with E-state index in [-0.39, 0.29) is 10.7 Å². The zero-order valence-electron chi connectivity index (χ0n) is 8.44. The third-order valence-corrected chi connectivity index (χ3v) is 7.37. The van der Waals surface area contributed by atoms with Crippen LogP contribution in [0.15, 0.2) is 0 Å². The topological polar surface area (TPSA) is 58.2 Å². The molecule has 15 heavy (non-hydrogen) atoms. The lowest BCUT2D eigenvalue weighted by atomic mass is 10.6. The molecule has 7 heteroatoms. The second kappa shape index (κ2) is 5.27. The van der Waals surface area contributed by atoms with E-state index in [1.54, 1.807) is 23.5 Å². The molecule has 2 fully saturated rings. The van der Waals surface area contributed by atoms with Crippen LogP contribution >= 0.6 is 23.5 Å². The van der Waals surface area contributed by atoms with Gasteiger partial charge in [0, 0.05) is 36.1 Å². The predicted molar refractivity (Wildman–Crippen MR) is 67.2 cm³/mol. The van der Waals surface area contributed by atoms with Gasteiger partial charge in [0.25, 0.3) is 0 Å². The van der Waals surface area contributed by atoms with Gasteiger partial charge in [-0.25, -0.2) is 8.42 Å². The fourth-order valence-electron chi connectivity index (χ4n) is 1.70. The normalized spacial score (nSPS) is 33.9. The molecule has 88 valence electrons. The first-order valence-corrected chi connectivity index (χ1v) is 8.98. The van der Waals surface area contributed by atoms with Crippen molar-refractivity contribution < 1.29 is 8.42 Å². The van der Waals surface area contributed by atoms with Crippen LogP contribution in [0, 0.1) is 0 Å². The summed E-state index contributed by atoms with van der Waals surface area (Å²) < 4.78 is 24.4. The lowest BCUT2D eigenvalue weighted by Gasteiger charge is -2.30. The van der Waals surface area contributed by atoms with E-state index in [1.165, 1.54) is 0 Å². The molecule has 0 saturated carbocycles. The number of sulfone groups is 1. The molecule has 0 aromatic carbocycles. The van der Waals surface area contributed by atoms with Crippen LogP contribution < -0.4 is 10.6 Å². The van der Waals surface area contributed by atoms with Crippen molar-refractivity contribution in [3.8, 4) is 0 Å². The highest BCUT2D eigenvalue weighted by molar-refractivity contribution is 8.02. The Kier molecular flexibility index (Phi) is 4.23. The molecular weight excluding hydrogens is 252 g/mol. The van der Waals surface area contributed by atoms with Gasteiger partial charge in [-0.3, -0.25) is 10.6 Å². The van der Waals surface area contributed by atoms with Gasteiger partial charge in [0.1, 0.15) is 10.7 Å². The maximum absolute atomic E-state index is 12.2. The van der Waals surface area contributed by atoms with Crippen molar-refractivity contribution in [2.75, 3.05) is 36.1 Å². The molecule has 0 aromatic rings. The van der Waals surface area contributed by atoms with Crippen molar-refractivity contribution in [3.63, 3.8) is 0 Å². The van der Waals surface area contributed by atoms with Gasteiger partial charge in [0.15, 0.2) is 9.84 Å². The van der Waals surface area contributed by atoms with Gasteiger partial charge < -0.3 is 0 Å². The molecule has 0 spiro atoms. The molecule has 0 bridgehead atoms. The van der Waals surface area contributed by atoms with Gasteiger partial charge in [-0.05, 0) is 0 Å². The molecule has 4 nitrogen and oxygen atoms in total. The zero-order valence-corrected chi connectivity index (χ0v) is 10.9. The first kappa shape index (κ1) is 12.0. The molecule has 2 rings (SSSR count). The maximum Gasteiger partial charge on any atom is 0.183 e. The monoisotopic (exact) mass is 268 g/mol. The van der Waals surface area contributed by atoms with E-state index in [9.17, 15) is 8.42 Å². The Labute approximate surface area is 99.3 Å². The van der Waals surface area contributed by atoms with E-state index in [0.29, 0.717) is 11.5 Å². The quantitative estimate of drug-likeness (QED) is 0.719. The first-order chi connectivity index (χ1) is 7.21. The van der Waals surface area contributed by atoms with Crippen LogP contribution in [0.3, 0.4) is 0 Å². The summed E-state index contributed by atoms with van der Waals surface area (Å²) >= 11 is 3.44. The summed E-state index contributed by atoms with van der Waals surface area (Å²) in [4.78, 5) is 0. The van der Waals surface area contributed by atoms with Crippen molar-refractivity contribution in [3.05, 3.63) is 0 Å². The number of nitrogens with one attached hydrogen (secondary N) is 2. The highest BCUT2D eigenvalue weighted by Gasteiger charge is 2.35. The third kappa shape index (κ3) is 2.82. The number of hydrogen-bond acceptors (Lipinski definition) is 6. The van der Waals surface area contributed by atoms with Crippen LogP contribution in [-0.2, 0) is 9.84 Å². The summed E-state index contributed by atoms with van der Waals surface area (Å²) in [6.07, 6.45) is 0. The van der Waals surface area contributed by atoms with E-state index >= 15 is 0 Å². The van der Waals surface area contributed by atoms with E-state index in [0.717, 1.165) is 24.6 Å². The summed E-state index contributed by atoms with van der Waals surface area (Å²) in [7, 11) is -3.05. The summed E-state index contributed by atoms with van der Waals surface area (Å²) in [5.41, 5.74) is 0. The van der Waals surface area contributed by atoms with Gasteiger partial charge >= 0.3 is 0 Å². The van der Waals surface area contributed by atoms with Crippen LogP contribution in [0.25, 0.3) is 0 Å². The Morgan fingerprint density at radius 3 is 1.73 bits per heavy atom. The Morgan fingerprint density at radius 2 is 1.40 bits per heavy atom. The standard InChI is InChI=1S/C8H16N2O2S3/c11-15(12,7-5-13-3-1-9-7)8-6-14-4-2-10-8/h7-10H,1-6H2. The van der Waals surface area contributed by atoms with Crippen LogP contribution in [0.4, 0.5) is 0 Å². The van der Waals surface area contributed by atoms with Crippen LogP contribution in [0.5, 0.6) is 0 Å². The predicted octanol–water partition coefficient (Wildman–Crippen LogP) is -0.274. The minimum Gasteiger partial charge on any atom is -0.300 e. The fraction of sp³-hybridized carbons (Fsp3) is 1.00. The van der Waals surface area contributed by atoms with Crippen molar-refractivity contribution >= 4 is 33.4 Å². The molecule has 2 N–H and O–H groups in total. The zero-order chi connectivity index (χ0) is 10.7. The van der Waals surface area contributed by atoms with Gasteiger partial charge in [0.05, 0.1) is 0 Å². The first-order valence-electron chi connectivity index (χ1n) is 5.06. The van der Waals surface area contributed by atoms with Crippen LogP contribution in [0.2, 0.25) is 0 Å². The average molecular weight is 268 g/mol. The number of thioether (sulfide) groups is 2. The molecule has 0 radical (unpaired) electrons. The van der Waals surface area contributed by atoms with Gasteiger partial charge in [-0.15, -0.1) is 0 Å². The molecule has 2 heterocycles. The summed E-state index contributed by atoms with van der Waals surface area (Å²) in [6, 6.07) is 0. The largest absolute Gasteiger partial charge is 0.300 e. The number of rotatable bonds is 2. The van der Waals surface area contributed by atoms with Crippen molar-refractivity contribution in [1.29, 1.82) is 0 Å². The summed E-state index contributed by atoms with van der Waals surface area (Å²) in [5, 5.41) is 5.49. The maximum atomic E-state index is 12.2. The van der Waals surface area contributed by atoms with Crippen molar-refractivity contribution in [2.45, 2.75) is 10.7 Å². The fourth-order valence-corrected chi connectivity index (χ4v) is 6.42. The Morgan fingerprint density at radius 1 is 0.933 bits per heavy atom. The molecule has 2 aliphatic rings. The minimum absolute atomic E-state index is 0.354. The SMILES string of the molecule is O=S(=O)(C1CSCCN1)C1CSCCN1. The molecule has 0 aliphatic carbocycles. The average Bonchev–Trinajstić information content (AvgIpc) is 2.31. The smallest absolute Gasteiger partial charge is 0.183 e. The Bertz CT molecular complexity index is 271. The molecule has 2 atom stereocenters. The van der Waals surface area contributed by atoms with E-state index < -0.39 is 9.84 Å². The molecule has 0 aromatic heterocycles. The summed E-state index contributed by atoms with van der Waals surface area (Å²) in [5.74, 6) is 3.40. The van der Waals surface area contributed by atoms with Crippen molar-refractivity contribution in [2.24, 2.45) is 0 Å². The summed E-state index contributed by atoms with van der Waals surface area (Å²) in [6.45, 7) is 1.60. The Balaban J connectivity index is 2.03. The van der Waals surface area contributed by atoms with E-state index in [2.05, 4.69) is 10.6 Å². The molecule has 0 amide bonds. The molecular formula is C8H16N2O2S3. The van der Waals surface area contributed by atoms with Gasteiger partial charge in [0.2, 0.25) is 0 Å². The lowest BCUT2D eigenvalue weighted by molar-refractivity contribution is 0.535. The third-order valence-electron chi connectivity index (χ3n) is 2.57. The van der Waals surface area contributed by atoms with E-state index in [1.807, 2.05) is 0 Å². The molecule has 2 unspecified atom stereocenters. The highest BCUT2D eigenvalue weighted by Crippen LogP contribution is 2.19. The van der Waals surface area contributed by atoms with E-state index in [4.69, 9.17) is 0 Å². The second-order valence-electron chi connectivity index (χ2n) is 3.62. The Hall–Kier alpha value is 0.570. The van der Waals surface area contributed by atoms with Crippen LogP contribution in [0.1, 0.15) is 0 Å².